The largest absolute Gasteiger partial charge is 0.479 e. The molecule has 5 aromatic rings. The molecule has 0 aliphatic carbocycles. The minimum absolute atomic E-state index is 0.174. The lowest BCUT2D eigenvalue weighted by molar-refractivity contribution is -0.144. The lowest BCUT2D eigenvalue weighted by Gasteiger charge is -2.36. The van der Waals surface area contributed by atoms with Gasteiger partial charge in [0.25, 0.3) is 0 Å². The van der Waals surface area contributed by atoms with Gasteiger partial charge in [0.05, 0.1) is 18.3 Å². The van der Waals surface area contributed by atoms with Crippen molar-refractivity contribution < 1.29 is 27.8 Å². The number of piperazine rings is 1. The van der Waals surface area contributed by atoms with Gasteiger partial charge in [0.1, 0.15) is 22.5 Å². The molecule has 1 aliphatic rings. The molecule has 0 spiro atoms. The fraction of sp³-hybridized carbons (Fsp3) is 0.308. The third-order valence-corrected chi connectivity index (χ3v) is 7.00. The smallest absolute Gasteiger partial charge is 0.344 e. The highest BCUT2D eigenvalue weighted by Gasteiger charge is 2.24. The molecule has 12 nitrogen and oxygen atoms in total. The Morgan fingerprint density at radius 1 is 1.18 bits per heavy atom. The Balaban J connectivity index is 1.13. The van der Waals surface area contributed by atoms with E-state index >= 15 is 0 Å². The molecule has 0 bridgehead atoms. The topological polar surface area (TPSA) is 140 Å². The van der Waals surface area contributed by atoms with Crippen LogP contribution >= 0.6 is 0 Å². The van der Waals surface area contributed by atoms with E-state index in [4.69, 9.17) is 20.0 Å². The van der Waals surface area contributed by atoms with Crippen LogP contribution in [0, 0.1) is 11.6 Å². The second-order valence-electron chi connectivity index (χ2n) is 9.55. The second-order valence-corrected chi connectivity index (χ2v) is 9.55. The van der Waals surface area contributed by atoms with Gasteiger partial charge in [-0.05, 0) is 25.1 Å². The number of furan rings is 1. The lowest BCUT2D eigenvalue weighted by atomic mass is 10.2. The quantitative estimate of drug-likeness (QED) is 0.295. The first-order valence-electron chi connectivity index (χ1n) is 12.7. The number of hydrogen-bond acceptors (Lipinski definition) is 9. The zero-order valence-corrected chi connectivity index (χ0v) is 21.5. The van der Waals surface area contributed by atoms with E-state index in [9.17, 15) is 13.6 Å². The van der Waals surface area contributed by atoms with Crippen LogP contribution in [-0.2, 0) is 11.3 Å². The molecule has 1 aromatic carbocycles. The summed E-state index contributed by atoms with van der Waals surface area (Å²) in [5.74, 6) is -2.35. The molecule has 1 atom stereocenters. The molecule has 0 amide bonds. The maximum Gasteiger partial charge on any atom is 0.344 e. The standard InChI is InChI=1S/C26H26F2N8O4/c1-15(25(37)38)40-22-13-19(16(27)11-17(22)28)34-7-4-33(5-8-34)6-9-35-14-30-23-20-12-18(21-3-2-10-39-21)32-36(20)26(29)31-24(23)35/h2-3,10-15H,4-9H2,1H3,(H2,29,31)(H,37,38)/t15-/m0/s1. The zero-order valence-electron chi connectivity index (χ0n) is 21.5. The number of nitrogen functional groups attached to an aromatic ring is 1. The summed E-state index contributed by atoms with van der Waals surface area (Å²) in [6.45, 7) is 4.86. The van der Waals surface area contributed by atoms with Crippen LogP contribution in [0.3, 0.4) is 0 Å². The zero-order chi connectivity index (χ0) is 28.0. The van der Waals surface area contributed by atoms with Gasteiger partial charge in [-0.15, -0.1) is 0 Å². The number of aliphatic carboxylic acids is 1. The molecule has 208 valence electrons. The monoisotopic (exact) mass is 552 g/mol. The van der Waals surface area contributed by atoms with Crippen molar-refractivity contribution in [2.75, 3.05) is 43.4 Å². The molecule has 0 saturated carbocycles. The number of carboxylic acids is 1. The molecule has 3 N–H and O–H groups in total. The van der Waals surface area contributed by atoms with Crippen molar-refractivity contribution in [1.82, 2.24) is 29.0 Å². The summed E-state index contributed by atoms with van der Waals surface area (Å²) < 4.78 is 42.9. The minimum atomic E-state index is -1.27. The number of hydrogen-bond donors (Lipinski definition) is 2. The first kappa shape index (κ1) is 25.6. The third kappa shape index (κ3) is 4.66. The number of anilines is 2. The SMILES string of the molecule is C[C@H](Oc1cc(N2CCN(CCn3cnc4c3nc(N)n3nc(-c5ccco5)cc43)CC2)c(F)cc1F)C(=O)O. The number of aromatic nitrogens is 5. The molecule has 1 saturated heterocycles. The number of nitrogens with zero attached hydrogens (tertiary/aromatic N) is 7. The number of ether oxygens (including phenoxy) is 1. The first-order chi connectivity index (χ1) is 19.3. The molecule has 5 heterocycles. The Morgan fingerprint density at radius 3 is 2.70 bits per heavy atom. The number of nitrogens with two attached hydrogens (primary N) is 1. The number of imidazole rings is 1. The highest BCUT2D eigenvalue weighted by molar-refractivity contribution is 5.90. The van der Waals surface area contributed by atoms with E-state index in [1.165, 1.54) is 13.0 Å². The normalized spacial score (nSPS) is 15.2. The Kier molecular flexibility index (Phi) is 6.46. The molecule has 0 radical (unpaired) electrons. The molecule has 6 rings (SSSR count). The molecule has 14 heteroatoms. The van der Waals surface area contributed by atoms with Crippen molar-refractivity contribution in [2.45, 2.75) is 19.6 Å². The van der Waals surface area contributed by atoms with Gasteiger partial charge in [-0.1, -0.05) is 0 Å². The van der Waals surface area contributed by atoms with E-state index in [0.29, 0.717) is 61.9 Å². The highest BCUT2D eigenvalue weighted by atomic mass is 19.1. The number of rotatable bonds is 8. The molecule has 4 aromatic heterocycles. The van der Waals surface area contributed by atoms with Gasteiger partial charge < -0.3 is 29.5 Å². The summed E-state index contributed by atoms with van der Waals surface area (Å²) in [5, 5.41) is 13.5. The number of benzene rings is 1. The second kappa shape index (κ2) is 10.1. The molecule has 1 aliphatic heterocycles. The van der Waals surface area contributed by atoms with E-state index in [1.807, 2.05) is 16.7 Å². The summed E-state index contributed by atoms with van der Waals surface area (Å²) >= 11 is 0. The van der Waals surface area contributed by atoms with E-state index in [-0.39, 0.29) is 17.4 Å². The first-order valence-corrected chi connectivity index (χ1v) is 12.7. The summed E-state index contributed by atoms with van der Waals surface area (Å²) in [5.41, 5.74) is 9.06. The fourth-order valence-electron chi connectivity index (χ4n) is 4.82. The van der Waals surface area contributed by atoms with Gasteiger partial charge in [-0.25, -0.2) is 18.6 Å². The lowest BCUT2D eigenvalue weighted by Crippen LogP contribution is -2.47. The minimum Gasteiger partial charge on any atom is -0.479 e. The number of fused-ring (bicyclic) bond motifs is 3. The average molecular weight is 553 g/mol. The Hall–Kier alpha value is -4.72. The number of carbonyl (C=O) groups is 1. The van der Waals surface area contributed by atoms with E-state index in [2.05, 4.69) is 20.0 Å². The van der Waals surface area contributed by atoms with Crippen molar-refractivity contribution >= 4 is 34.3 Å². The molecular formula is C26H26F2N8O4. The van der Waals surface area contributed by atoms with Crippen molar-refractivity contribution in [3.8, 4) is 17.2 Å². The Bertz CT molecular complexity index is 1690. The summed E-state index contributed by atoms with van der Waals surface area (Å²) in [4.78, 5) is 24.2. The molecule has 1 fully saturated rings. The van der Waals surface area contributed by atoms with Gasteiger partial charge in [0.15, 0.2) is 29.1 Å². The fourth-order valence-corrected chi connectivity index (χ4v) is 4.82. The predicted octanol–water partition coefficient (Wildman–Crippen LogP) is 2.87. The number of halogens is 2. The molecule has 40 heavy (non-hydrogen) atoms. The van der Waals surface area contributed by atoms with Gasteiger partial charge in [-0.3, -0.25) is 4.90 Å². The number of carboxylic acid groups (broad SMARTS) is 1. The maximum absolute atomic E-state index is 14.6. The molecular weight excluding hydrogens is 526 g/mol. The Labute approximate surface area is 226 Å². The van der Waals surface area contributed by atoms with Crippen LogP contribution in [0.25, 0.3) is 28.1 Å². The summed E-state index contributed by atoms with van der Waals surface area (Å²) in [7, 11) is 0. The van der Waals surface area contributed by atoms with Crippen molar-refractivity contribution in [3.05, 3.63) is 54.6 Å². The van der Waals surface area contributed by atoms with Crippen LogP contribution in [0.1, 0.15) is 6.92 Å². The summed E-state index contributed by atoms with van der Waals surface area (Å²) in [6, 6.07) is 7.42. The average Bonchev–Trinajstić information content (AvgIpc) is 3.69. The van der Waals surface area contributed by atoms with Crippen molar-refractivity contribution in [1.29, 1.82) is 0 Å². The van der Waals surface area contributed by atoms with Gasteiger partial charge >= 0.3 is 5.97 Å². The summed E-state index contributed by atoms with van der Waals surface area (Å²) in [6.07, 6.45) is 2.04. The van der Waals surface area contributed by atoms with Crippen LogP contribution in [0.2, 0.25) is 0 Å². The van der Waals surface area contributed by atoms with Crippen molar-refractivity contribution in [2.24, 2.45) is 0 Å². The van der Waals surface area contributed by atoms with E-state index in [0.717, 1.165) is 11.6 Å². The van der Waals surface area contributed by atoms with Crippen LogP contribution in [0.15, 0.2) is 47.3 Å². The van der Waals surface area contributed by atoms with Crippen LogP contribution in [0.5, 0.6) is 5.75 Å². The van der Waals surface area contributed by atoms with Gasteiger partial charge in [0, 0.05) is 51.4 Å². The maximum atomic E-state index is 14.6. The van der Waals surface area contributed by atoms with Gasteiger partial charge in [0.2, 0.25) is 5.95 Å². The third-order valence-electron chi connectivity index (χ3n) is 7.00. The Morgan fingerprint density at radius 2 is 1.98 bits per heavy atom. The highest BCUT2D eigenvalue weighted by Crippen LogP contribution is 2.30. The van der Waals surface area contributed by atoms with E-state index in [1.54, 1.807) is 28.1 Å². The van der Waals surface area contributed by atoms with E-state index < -0.39 is 23.7 Å². The van der Waals surface area contributed by atoms with Gasteiger partial charge in [-0.2, -0.15) is 14.6 Å². The van der Waals surface area contributed by atoms with Crippen LogP contribution in [0.4, 0.5) is 20.4 Å². The predicted molar refractivity (Wildman–Crippen MR) is 141 cm³/mol. The van der Waals surface area contributed by atoms with Crippen LogP contribution < -0.4 is 15.4 Å². The van der Waals surface area contributed by atoms with Crippen molar-refractivity contribution in [3.63, 3.8) is 0 Å². The van der Waals surface area contributed by atoms with Crippen LogP contribution in [-0.4, -0.2) is 79.0 Å². The molecule has 0 unspecified atom stereocenters.